The third-order valence-electron chi connectivity index (χ3n) is 2.75. The zero-order valence-electron chi connectivity index (χ0n) is 12.0. The topological polar surface area (TPSA) is 97.4 Å². The standard InChI is InChI=1S/C13H19N3O4S/c1-3-6-14-9-12-4-5-13(19-12)21(17,18)15-8-11-7-10(2)20-16-11/h4-5,7,14-15H,3,6,8-9H2,1-2H3. The number of aryl methyl sites for hydroxylation is 1. The maximum atomic E-state index is 12.1. The van der Waals surface area contributed by atoms with Gasteiger partial charge in [0.05, 0.1) is 18.8 Å². The molecule has 0 aromatic carbocycles. The van der Waals surface area contributed by atoms with Gasteiger partial charge in [-0.05, 0) is 32.0 Å². The van der Waals surface area contributed by atoms with Crippen LogP contribution in [0.4, 0.5) is 0 Å². The van der Waals surface area contributed by atoms with Crippen molar-refractivity contribution >= 4 is 10.0 Å². The van der Waals surface area contributed by atoms with Crippen LogP contribution in [0.2, 0.25) is 0 Å². The van der Waals surface area contributed by atoms with Gasteiger partial charge >= 0.3 is 0 Å². The predicted octanol–water partition coefficient (Wildman–Crippen LogP) is 1.55. The van der Waals surface area contributed by atoms with E-state index in [0.29, 0.717) is 23.8 Å². The second-order valence-corrected chi connectivity index (χ2v) is 6.35. The first-order chi connectivity index (χ1) is 10.0. The Hall–Kier alpha value is -1.64. The van der Waals surface area contributed by atoms with Gasteiger partial charge in [-0.3, -0.25) is 0 Å². The van der Waals surface area contributed by atoms with E-state index < -0.39 is 10.0 Å². The van der Waals surface area contributed by atoms with Gasteiger partial charge in [0.1, 0.15) is 11.5 Å². The molecule has 0 amide bonds. The molecule has 2 aromatic heterocycles. The van der Waals surface area contributed by atoms with Crippen molar-refractivity contribution in [1.29, 1.82) is 0 Å². The molecular formula is C13H19N3O4S. The van der Waals surface area contributed by atoms with Crippen LogP contribution in [0.3, 0.4) is 0 Å². The lowest BCUT2D eigenvalue weighted by Crippen LogP contribution is -2.23. The first kappa shape index (κ1) is 15.7. The van der Waals surface area contributed by atoms with Gasteiger partial charge in [-0.25, -0.2) is 13.1 Å². The van der Waals surface area contributed by atoms with Crippen LogP contribution in [-0.2, 0) is 23.1 Å². The highest BCUT2D eigenvalue weighted by Crippen LogP contribution is 2.14. The van der Waals surface area contributed by atoms with Gasteiger partial charge in [-0.15, -0.1) is 0 Å². The van der Waals surface area contributed by atoms with Crippen molar-refractivity contribution in [3.63, 3.8) is 0 Å². The van der Waals surface area contributed by atoms with E-state index >= 15 is 0 Å². The molecular weight excluding hydrogens is 294 g/mol. The van der Waals surface area contributed by atoms with E-state index in [-0.39, 0.29) is 11.6 Å². The second kappa shape index (κ2) is 6.88. The van der Waals surface area contributed by atoms with Crippen LogP contribution in [-0.4, -0.2) is 20.1 Å². The maximum Gasteiger partial charge on any atom is 0.274 e. The number of hydrogen-bond donors (Lipinski definition) is 2. The quantitative estimate of drug-likeness (QED) is 0.718. The molecule has 0 aliphatic carbocycles. The minimum atomic E-state index is -3.69. The lowest BCUT2D eigenvalue weighted by molar-refractivity contribution is 0.388. The Labute approximate surface area is 123 Å². The molecule has 7 nitrogen and oxygen atoms in total. The minimum Gasteiger partial charge on any atom is -0.447 e. The van der Waals surface area contributed by atoms with Crippen molar-refractivity contribution in [3.05, 3.63) is 35.4 Å². The van der Waals surface area contributed by atoms with Gasteiger partial charge in [0, 0.05) is 6.07 Å². The van der Waals surface area contributed by atoms with E-state index in [1.54, 1.807) is 19.1 Å². The Balaban J connectivity index is 1.95. The molecule has 0 aliphatic heterocycles. The Morgan fingerprint density at radius 3 is 2.76 bits per heavy atom. The lowest BCUT2D eigenvalue weighted by atomic mass is 10.4. The molecule has 21 heavy (non-hydrogen) atoms. The summed E-state index contributed by atoms with van der Waals surface area (Å²) in [6.45, 7) is 5.22. The average molecular weight is 313 g/mol. The molecule has 0 saturated heterocycles. The number of aromatic nitrogens is 1. The molecule has 2 heterocycles. The maximum absolute atomic E-state index is 12.1. The summed E-state index contributed by atoms with van der Waals surface area (Å²) in [5.41, 5.74) is 0.521. The van der Waals surface area contributed by atoms with Crippen molar-refractivity contribution in [2.45, 2.75) is 38.5 Å². The smallest absolute Gasteiger partial charge is 0.274 e. The van der Waals surface area contributed by atoms with E-state index in [2.05, 4.69) is 22.1 Å². The van der Waals surface area contributed by atoms with Gasteiger partial charge in [0.2, 0.25) is 5.09 Å². The first-order valence-corrected chi connectivity index (χ1v) is 8.21. The Bertz CT molecular complexity index is 675. The second-order valence-electron chi connectivity index (χ2n) is 4.65. The summed E-state index contributed by atoms with van der Waals surface area (Å²) in [5, 5.41) is 6.77. The lowest BCUT2D eigenvalue weighted by Gasteiger charge is -2.02. The number of sulfonamides is 1. The Morgan fingerprint density at radius 1 is 1.29 bits per heavy atom. The van der Waals surface area contributed by atoms with E-state index in [1.807, 2.05) is 0 Å². The third kappa shape index (κ3) is 4.42. The number of nitrogens with zero attached hydrogens (tertiary/aromatic N) is 1. The van der Waals surface area contributed by atoms with E-state index in [9.17, 15) is 8.42 Å². The molecule has 0 aliphatic rings. The highest BCUT2D eigenvalue weighted by molar-refractivity contribution is 7.89. The molecule has 0 bridgehead atoms. The SMILES string of the molecule is CCCNCc1ccc(S(=O)(=O)NCc2cc(C)on2)o1. The predicted molar refractivity (Wildman–Crippen MR) is 76.0 cm³/mol. The molecule has 2 aromatic rings. The van der Waals surface area contributed by atoms with E-state index in [0.717, 1.165) is 13.0 Å². The molecule has 0 radical (unpaired) electrons. The van der Waals surface area contributed by atoms with Crippen molar-refractivity contribution in [2.75, 3.05) is 6.54 Å². The summed E-state index contributed by atoms with van der Waals surface area (Å²) in [7, 11) is -3.69. The van der Waals surface area contributed by atoms with Crippen molar-refractivity contribution in [1.82, 2.24) is 15.2 Å². The summed E-state index contributed by atoms with van der Waals surface area (Å²) in [4.78, 5) is 0. The molecule has 0 spiro atoms. The highest BCUT2D eigenvalue weighted by atomic mass is 32.2. The fraction of sp³-hybridized carbons (Fsp3) is 0.462. The summed E-state index contributed by atoms with van der Waals surface area (Å²) in [5.74, 6) is 1.22. The van der Waals surface area contributed by atoms with Crippen molar-refractivity contribution < 1.29 is 17.4 Å². The Kier molecular flexibility index (Phi) is 5.16. The van der Waals surface area contributed by atoms with Crippen molar-refractivity contribution in [2.24, 2.45) is 0 Å². The molecule has 0 fully saturated rings. The molecule has 0 saturated carbocycles. The molecule has 2 rings (SSSR count). The van der Waals surface area contributed by atoms with Crippen LogP contribution in [0, 0.1) is 6.92 Å². The zero-order valence-corrected chi connectivity index (χ0v) is 12.9. The molecule has 8 heteroatoms. The van der Waals surface area contributed by atoms with Crippen LogP contribution in [0.5, 0.6) is 0 Å². The largest absolute Gasteiger partial charge is 0.447 e. The number of furan rings is 1. The van der Waals surface area contributed by atoms with Crippen LogP contribution in [0.25, 0.3) is 0 Å². The average Bonchev–Trinajstić information content (AvgIpc) is 3.06. The minimum absolute atomic E-state index is 0.0593. The summed E-state index contributed by atoms with van der Waals surface area (Å²) in [6, 6.07) is 4.77. The summed E-state index contributed by atoms with van der Waals surface area (Å²) >= 11 is 0. The molecule has 0 atom stereocenters. The first-order valence-electron chi connectivity index (χ1n) is 6.72. The van der Waals surface area contributed by atoms with Crippen LogP contribution in [0.15, 0.2) is 32.2 Å². The van der Waals surface area contributed by atoms with Crippen LogP contribution >= 0.6 is 0 Å². The van der Waals surface area contributed by atoms with Crippen LogP contribution < -0.4 is 10.0 Å². The normalized spacial score (nSPS) is 11.9. The van der Waals surface area contributed by atoms with E-state index in [4.69, 9.17) is 8.94 Å². The highest BCUT2D eigenvalue weighted by Gasteiger charge is 2.19. The fourth-order valence-electron chi connectivity index (χ4n) is 1.73. The summed E-state index contributed by atoms with van der Waals surface area (Å²) < 4.78 is 36.8. The molecule has 116 valence electrons. The van der Waals surface area contributed by atoms with Crippen molar-refractivity contribution in [3.8, 4) is 0 Å². The zero-order chi connectivity index (χ0) is 15.3. The monoisotopic (exact) mass is 313 g/mol. The third-order valence-corrected chi connectivity index (χ3v) is 4.02. The molecule has 0 unspecified atom stereocenters. The fourth-order valence-corrected chi connectivity index (χ4v) is 2.67. The van der Waals surface area contributed by atoms with Gasteiger partial charge in [0.25, 0.3) is 10.0 Å². The Morgan fingerprint density at radius 2 is 2.10 bits per heavy atom. The van der Waals surface area contributed by atoms with E-state index in [1.165, 1.54) is 6.07 Å². The molecule has 2 N–H and O–H groups in total. The number of hydrogen-bond acceptors (Lipinski definition) is 6. The van der Waals surface area contributed by atoms with Gasteiger partial charge in [0.15, 0.2) is 0 Å². The van der Waals surface area contributed by atoms with Gasteiger partial charge in [-0.1, -0.05) is 12.1 Å². The van der Waals surface area contributed by atoms with Gasteiger partial charge in [-0.2, -0.15) is 0 Å². The summed E-state index contributed by atoms with van der Waals surface area (Å²) in [6.07, 6.45) is 1.00. The number of rotatable bonds is 8. The van der Waals surface area contributed by atoms with Crippen LogP contribution in [0.1, 0.15) is 30.6 Å². The number of nitrogens with one attached hydrogen (secondary N) is 2. The van der Waals surface area contributed by atoms with Gasteiger partial charge < -0.3 is 14.3 Å².